The third-order valence-corrected chi connectivity index (χ3v) is 8.94. The molecule has 3 heterocycles. The van der Waals surface area contributed by atoms with Crippen LogP contribution in [0.15, 0.2) is 54.9 Å². The summed E-state index contributed by atoms with van der Waals surface area (Å²) < 4.78 is 28.1. The fourth-order valence-electron chi connectivity index (χ4n) is 7.00. The number of benzene rings is 2. The summed E-state index contributed by atoms with van der Waals surface area (Å²) in [5.41, 5.74) is 8.51. The maximum Gasteiger partial charge on any atom is 0.249 e. The molecule has 0 radical (unpaired) electrons. The van der Waals surface area contributed by atoms with E-state index in [-0.39, 0.29) is 24.3 Å². The summed E-state index contributed by atoms with van der Waals surface area (Å²) in [4.78, 5) is 6.01. The van der Waals surface area contributed by atoms with Crippen LogP contribution in [-0.2, 0) is 6.54 Å². The highest BCUT2D eigenvalue weighted by Gasteiger charge is 2.58. The molecule has 36 heavy (non-hydrogen) atoms. The molecule has 0 amide bonds. The zero-order valence-corrected chi connectivity index (χ0v) is 20.7. The number of piperidine rings is 1. The number of likely N-dealkylation sites (tertiary alicyclic amines) is 1. The Balaban J connectivity index is 1.25. The first-order valence-corrected chi connectivity index (χ1v) is 13.2. The third kappa shape index (κ3) is 3.78. The third-order valence-electron chi connectivity index (χ3n) is 8.94. The zero-order chi connectivity index (χ0) is 24.5. The Morgan fingerprint density at radius 1 is 1.08 bits per heavy atom. The van der Waals surface area contributed by atoms with Crippen LogP contribution in [0.3, 0.4) is 0 Å². The molecule has 2 saturated carbocycles. The minimum absolute atomic E-state index is 0.0382. The van der Waals surface area contributed by atoms with Crippen molar-refractivity contribution in [3.63, 3.8) is 0 Å². The first-order valence-electron chi connectivity index (χ1n) is 13.2. The summed E-state index contributed by atoms with van der Waals surface area (Å²) >= 11 is 0. The second-order valence-electron chi connectivity index (χ2n) is 11.5. The van der Waals surface area contributed by atoms with Gasteiger partial charge in [0.05, 0.1) is 5.69 Å². The Hall–Kier alpha value is -2.99. The van der Waals surface area contributed by atoms with E-state index >= 15 is 0 Å². The van der Waals surface area contributed by atoms with Crippen molar-refractivity contribution in [3.8, 4) is 11.3 Å². The van der Waals surface area contributed by atoms with E-state index in [2.05, 4.69) is 63.4 Å². The largest absolute Gasteiger partial charge is 0.361 e. The van der Waals surface area contributed by atoms with E-state index in [4.69, 9.17) is 0 Å². The quantitative estimate of drug-likeness (QED) is 0.307. The van der Waals surface area contributed by atoms with Gasteiger partial charge >= 0.3 is 0 Å². The minimum Gasteiger partial charge on any atom is -0.361 e. The molecule has 186 valence electrons. The molecule has 1 spiro atoms. The van der Waals surface area contributed by atoms with E-state index in [1.807, 2.05) is 12.3 Å². The van der Waals surface area contributed by atoms with Crippen molar-refractivity contribution in [2.45, 2.75) is 69.9 Å². The Kier molecular flexibility index (Phi) is 4.94. The second kappa shape index (κ2) is 8.01. The molecule has 4 nitrogen and oxygen atoms in total. The molecular weight excluding hydrogens is 454 g/mol. The second-order valence-corrected chi connectivity index (χ2v) is 11.5. The highest BCUT2D eigenvalue weighted by atomic mass is 19.3. The zero-order valence-electron chi connectivity index (χ0n) is 20.7. The molecule has 1 atom stereocenters. The van der Waals surface area contributed by atoms with Gasteiger partial charge in [0.1, 0.15) is 0 Å². The number of halogens is 2. The van der Waals surface area contributed by atoms with Gasteiger partial charge in [0.15, 0.2) is 0 Å². The van der Waals surface area contributed by atoms with Crippen molar-refractivity contribution in [1.29, 1.82) is 0 Å². The van der Waals surface area contributed by atoms with Crippen LogP contribution in [0.25, 0.3) is 22.2 Å². The van der Waals surface area contributed by atoms with Crippen molar-refractivity contribution in [1.82, 2.24) is 20.1 Å². The number of aromatic nitrogens is 3. The van der Waals surface area contributed by atoms with Gasteiger partial charge in [0, 0.05) is 48.7 Å². The Morgan fingerprint density at radius 2 is 1.89 bits per heavy atom. The monoisotopic (exact) mass is 486 g/mol. The van der Waals surface area contributed by atoms with Gasteiger partial charge in [-0.1, -0.05) is 30.3 Å². The molecule has 6 heteroatoms. The van der Waals surface area contributed by atoms with E-state index in [9.17, 15) is 8.78 Å². The maximum absolute atomic E-state index is 14.1. The molecule has 2 aliphatic carbocycles. The molecule has 3 aliphatic rings. The summed E-state index contributed by atoms with van der Waals surface area (Å²) in [6, 6.07) is 15.3. The normalized spacial score (nSPS) is 23.2. The molecule has 2 aromatic carbocycles. The predicted octanol–water partition coefficient (Wildman–Crippen LogP) is 7.50. The first kappa shape index (κ1) is 22.2. The molecule has 1 saturated heterocycles. The van der Waals surface area contributed by atoms with Crippen LogP contribution in [0.2, 0.25) is 0 Å². The van der Waals surface area contributed by atoms with Gasteiger partial charge in [0.25, 0.3) is 0 Å². The van der Waals surface area contributed by atoms with Crippen molar-refractivity contribution in [2.75, 3.05) is 6.54 Å². The smallest absolute Gasteiger partial charge is 0.249 e. The van der Waals surface area contributed by atoms with E-state index in [0.717, 1.165) is 37.2 Å². The summed E-state index contributed by atoms with van der Waals surface area (Å²) in [7, 11) is 0. The molecule has 1 aliphatic heterocycles. The van der Waals surface area contributed by atoms with Crippen LogP contribution in [-0.4, -0.2) is 32.5 Å². The van der Waals surface area contributed by atoms with Gasteiger partial charge in [-0.05, 0) is 90.4 Å². The predicted molar refractivity (Wildman–Crippen MR) is 138 cm³/mol. The van der Waals surface area contributed by atoms with Gasteiger partial charge in [-0.3, -0.25) is 10.00 Å². The number of alkyl halides is 2. The van der Waals surface area contributed by atoms with Crippen LogP contribution < -0.4 is 0 Å². The highest BCUT2D eigenvalue weighted by Crippen LogP contribution is 2.60. The van der Waals surface area contributed by atoms with E-state index in [0.29, 0.717) is 5.92 Å². The number of hydrogen-bond donors (Lipinski definition) is 2. The molecule has 2 N–H and O–H groups in total. The van der Waals surface area contributed by atoms with Crippen LogP contribution in [0.1, 0.15) is 72.7 Å². The average molecular weight is 487 g/mol. The number of aryl methyl sites for hydroxylation is 1. The summed E-state index contributed by atoms with van der Waals surface area (Å²) in [5, 5.41) is 8.42. The standard InChI is InChI=1S/C30H32F2N4/c1-19-14-24(20-2-3-20)25(23-8-11-33-28(19)23)16-36-13-10-29(17-30(31,32)18-29)15-27(36)22-6-4-21(5-7-22)26-9-12-34-35-26/h4-9,11-12,14,20,27,33H,2-3,10,13,15-18H2,1H3,(H,34,35)/t27-/m0/s1. The highest BCUT2D eigenvalue weighted by molar-refractivity contribution is 5.87. The Bertz CT molecular complexity index is 1390. The molecule has 3 fully saturated rings. The number of fused-ring (bicyclic) bond motifs is 1. The lowest BCUT2D eigenvalue weighted by molar-refractivity contribution is -0.186. The Labute approximate surface area is 210 Å². The SMILES string of the molecule is Cc1cc(C2CC2)c(CN2CCC3(C[C@H]2c2ccc(-c4ccn[nH]4)cc2)CC(F)(F)C3)c2cc[nH]c12. The summed E-state index contributed by atoms with van der Waals surface area (Å²) in [5.74, 6) is -1.84. The van der Waals surface area contributed by atoms with E-state index in [1.54, 1.807) is 6.20 Å². The van der Waals surface area contributed by atoms with Gasteiger partial charge in [-0.25, -0.2) is 8.78 Å². The average Bonchev–Trinajstić information content (AvgIpc) is 3.31. The van der Waals surface area contributed by atoms with Gasteiger partial charge in [-0.2, -0.15) is 5.10 Å². The summed E-state index contributed by atoms with van der Waals surface area (Å²) in [6.07, 6.45) is 8.06. The van der Waals surface area contributed by atoms with Crippen molar-refractivity contribution in [2.24, 2.45) is 5.41 Å². The number of nitrogens with one attached hydrogen (secondary N) is 2. The topological polar surface area (TPSA) is 47.7 Å². The summed E-state index contributed by atoms with van der Waals surface area (Å²) in [6.45, 7) is 3.91. The van der Waals surface area contributed by atoms with Crippen LogP contribution in [0.4, 0.5) is 8.78 Å². The minimum atomic E-state index is -2.50. The number of nitrogens with zero attached hydrogens (tertiary/aromatic N) is 2. The maximum atomic E-state index is 14.1. The molecule has 0 bridgehead atoms. The fourth-order valence-corrected chi connectivity index (χ4v) is 7.00. The number of H-pyrrole nitrogens is 2. The Morgan fingerprint density at radius 3 is 2.58 bits per heavy atom. The van der Waals surface area contributed by atoms with E-state index < -0.39 is 5.92 Å². The molecular formula is C30H32F2N4. The molecule has 0 unspecified atom stereocenters. The van der Waals surface area contributed by atoms with Crippen LogP contribution in [0.5, 0.6) is 0 Å². The number of hydrogen-bond acceptors (Lipinski definition) is 2. The lowest BCUT2D eigenvalue weighted by Gasteiger charge is -2.54. The number of aromatic amines is 2. The lowest BCUT2D eigenvalue weighted by Crippen LogP contribution is -2.53. The van der Waals surface area contributed by atoms with Crippen LogP contribution >= 0.6 is 0 Å². The van der Waals surface area contributed by atoms with Crippen LogP contribution in [0, 0.1) is 12.3 Å². The lowest BCUT2D eigenvalue weighted by atomic mass is 9.59. The van der Waals surface area contributed by atoms with Gasteiger partial charge in [0.2, 0.25) is 5.92 Å². The van der Waals surface area contributed by atoms with Crippen molar-refractivity contribution < 1.29 is 8.78 Å². The molecule has 7 rings (SSSR count). The van der Waals surface area contributed by atoms with Gasteiger partial charge < -0.3 is 4.98 Å². The first-order chi connectivity index (χ1) is 17.4. The fraction of sp³-hybridized carbons (Fsp3) is 0.433. The van der Waals surface area contributed by atoms with Gasteiger partial charge in [-0.15, -0.1) is 0 Å². The van der Waals surface area contributed by atoms with Crippen molar-refractivity contribution in [3.05, 3.63) is 77.1 Å². The number of rotatable bonds is 5. The molecule has 4 aromatic rings. The van der Waals surface area contributed by atoms with E-state index in [1.165, 1.54) is 46.0 Å². The van der Waals surface area contributed by atoms with Crippen molar-refractivity contribution >= 4 is 10.9 Å². The molecule has 2 aromatic heterocycles.